The second-order valence-electron chi connectivity index (χ2n) is 7.40. The lowest BCUT2D eigenvalue weighted by atomic mass is 10.0. The van der Waals surface area contributed by atoms with E-state index < -0.39 is 11.7 Å². The topological polar surface area (TPSA) is 86.1 Å². The molecule has 11 heteroatoms. The average Bonchev–Trinajstić information content (AvgIpc) is 3.31. The third-order valence-electron chi connectivity index (χ3n) is 5.27. The van der Waals surface area contributed by atoms with Gasteiger partial charge < -0.3 is 20.1 Å². The Morgan fingerprint density at radius 3 is 2.79 bits per heavy atom. The first-order valence-electron chi connectivity index (χ1n) is 9.15. The lowest BCUT2D eigenvalue weighted by Crippen LogP contribution is -2.33. The molecular formula is C17H19F3N6O2. The summed E-state index contributed by atoms with van der Waals surface area (Å²) in [6, 6.07) is -0.346. The quantitative estimate of drug-likeness (QED) is 0.766. The van der Waals surface area contributed by atoms with Crippen molar-refractivity contribution in [2.75, 3.05) is 30.5 Å². The van der Waals surface area contributed by atoms with E-state index in [1.165, 1.54) is 0 Å². The molecule has 5 rings (SSSR count). The van der Waals surface area contributed by atoms with Gasteiger partial charge in [0.25, 0.3) is 0 Å². The van der Waals surface area contributed by atoms with Crippen LogP contribution in [0.5, 0.6) is 5.88 Å². The van der Waals surface area contributed by atoms with Crippen LogP contribution in [0.1, 0.15) is 30.0 Å². The summed E-state index contributed by atoms with van der Waals surface area (Å²) in [5.41, 5.74) is 0.541. The van der Waals surface area contributed by atoms with Crippen LogP contribution in [-0.2, 0) is 18.0 Å². The standard InChI is InChI=1S/C17H19F3N6O2/c1-26-15-13(12(25-26)8-2-3-8)23-16-21-4-10(17(18,19)20)14(24-16)22-11-7-27-5-9(11)6-28-15/h4,8-9,11H,2-3,5-7H2,1H3,(H2,21,22,23,24)/t9-,11+/m0/s1. The van der Waals surface area contributed by atoms with Crippen molar-refractivity contribution in [3.63, 3.8) is 0 Å². The largest absolute Gasteiger partial charge is 0.476 e. The molecule has 2 fully saturated rings. The summed E-state index contributed by atoms with van der Waals surface area (Å²) >= 11 is 0. The second kappa shape index (κ2) is 6.23. The normalized spacial score (nSPS) is 24.3. The Balaban J connectivity index is 1.62. The van der Waals surface area contributed by atoms with Crippen LogP contribution in [0.2, 0.25) is 0 Å². The van der Waals surface area contributed by atoms with E-state index in [1.807, 2.05) is 0 Å². The minimum absolute atomic E-state index is 0.0626. The van der Waals surface area contributed by atoms with Gasteiger partial charge in [0.05, 0.1) is 31.6 Å². The molecule has 0 spiro atoms. The number of halogens is 3. The zero-order chi connectivity index (χ0) is 19.5. The lowest BCUT2D eigenvalue weighted by molar-refractivity contribution is -0.137. The minimum atomic E-state index is -4.56. The van der Waals surface area contributed by atoms with Crippen molar-refractivity contribution in [2.24, 2.45) is 13.0 Å². The molecule has 1 saturated heterocycles. The summed E-state index contributed by atoms with van der Waals surface area (Å²) in [4.78, 5) is 8.02. The van der Waals surface area contributed by atoms with E-state index in [0.717, 1.165) is 24.7 Å². The highest BCUT2D eigenvalue weighted by Crippen LogP contribution is 2.46. The monoisotopic (exact) mass is 396 g/mol. The molecule has 2 N–H and O–H groups in total. The zero-order valence-corrected chi connectivity index (χ0v) is 15.1. The molecule has 1 saturated carbocycles. The van der Waals surface area contributed by atoms with Crippen molar-refractivity contribution in [1.29, 1.82) is 0 Å². The molecule has 28 heavy (non-hydrogen) atoms. The SMILES string of the molecule is Cn1nc(C2CC2)c2c1OC[C@@H]1COC[C@H]1Nc1nc(ncc1C(F)(F)F)N2. The maximum Gasteiger partial charge on any atom is 0.421 e. The molecule has 2 atom stereocenters. The number of nitrogens with zero attached hydrogens (tertiary/aromatic N) is 4. The number of fused-ring (bicyclic) bond motifs is 4. The molecule has 0 aromatic carbocycles. The molecule has 3 aliphatic rings. The van der Waals surface area contributed by atoms with Crippen LogP contribution < -0.4 is 15.4 Å². The number of alkyl halides is 3. The third-order valence-corrected chi connectivity index (χ3v) is 5.27. The molecule has 4 heterocycles. The van der Waals surface area contributed by atoms with Gasteiger partial charge in [0.15, 0.2) is 0 Å². The molecule has 0 radical (unpaired) electrons. The van der Waals surface area contributed by atoms with Crippen molar-refractivity contribution in [1.82, 2.24) is 19.7 Å². The first-order chi connectivity index (χ1) is 13.4. The van der Waals surface area contributed by atoms with Gasteiger partial charge in [-0.15, -0.1) is 0 Å². The highest BCUT2D eigenvalue weighted by molar-refractivity contribution is 5.66. The van der Waals surface area contributed by atoms with E-state index in [9.17, 15) is 13.2 Å². The van der Waals surface area contributed by atoms with Crippen molar-refractivity contribution in [3.8, 4) is 5.88 Å². The zero-order valence-electron chi connectivity index (χ0n) is 15.1. The molecule has 2 aliphatic heterocycles. The minimum Gasteiger partial charge on any atom is -0.476 e. The van der Waals surface area contributed by atoms with Crippen LogP contribution in [0.25, 0.3) is 0 Å². The van der Waals surface area contributed by atoms with Gasteiger partial charge in [-0.1, -0.05) is 0 Å². The van der Waals surface area contributed by atoms with Crippen molar-refractivity contribution >= 4 is 17.5 Å². The van der Waals surface area contributed by atoms with Crippen molar-refractivity contribution in [2.45, 2.75) is 31.0 Å². The van der Waals surface area contributed by atoms with E-state index in [0.29, 0.717) is 30.7 Å². The van der Waals surface area contributed by atoms with Gasteiger partial charge >= 0.3 is 6.18 Å². The van der Waals surface area contributed by atoms with Gasteiger partial charge in [0.2, 0.25) is 11.8 Å². The molecule has 0 unspecified atom stereocenters. The number of nitrogens with one attached hydrogen (secondary N) is 2. The van der Waals surface area contributed by atoms with E-state index in [4.69, 9.17) is 9.47 Å². The molecule has 1 aliphatic carbocycles. The summed E-state index contributed by atoms with van der Waals surface area (Å²) in [6.45, 7) is 0.970. The van der Waals surface area contributed by atoms with Crippen LogP contribution in [0.15, 0.2) is 6.20 Å². The molecular weight excluding hydrogens is 377 g/mol. The average molecular weight is 396 g/mol. The Morgan fingerprint density at radius 2 is 2.04 bits per heavy atom. The van der Waals surface area contributed by atoms with Crippen LogP contribution in [0.4, 0.5) is 30.6 Å². The summed E-state index contributed by atoms with van der Waals surface area (Å²) in [5.74, 6) is 0.522. The fourth-order valence-corrected chi connectivity index (χ4v) is 3.61. The predicted octanol–water partition coefficient (Wildman–Crippen LogP) is 2.67. The van der Waals surface area contributed by atoms with E-state index in [1.54, 1.807) is 11.7 Å². The van der Waals surface area contributed by atoms with Crippen molar-refractivity contribution in [3.05, 3.63) is 17.5 Å². The molecule has 2 aromatic rings. The maximum absolute atomic E-state index is 13.4. The molecule has 0 amide bonds. The van der Waals surface area contributed by atoms with Gasteiger partial charge in [-0.3, -0.25) is 0 Å². The van der Waals surface area contributed by atoms with E-state index in [-0.39, 0.29) is 30.3 Å². The second-order valence-corrected chi connectivity index (χ2v) is 7.40. The summed E-state index contributed by atoms with van der Waals surface area (Å²) < 4.78 is 53.5. The highest BCUT2D eigenvalue weighted by Gasteiger charge is 2.39. The molecule has 8 nitrogen and oxygen atoms in total. The molecule has 2 aromatic heterocycles. The third kappa shape index (κ3) is 3.03. The van der Waals surface area contributed by atoms with Crippen molar-refractivity contribution < 1.29 is 22.6 Å². The number of anilines is 3. The Morgan fingerprint density at radius 1 is 1.21 bits per heavy atom. The van der Waals surface area contributed by atoms with Gasteiger partial charge in [0.1, 0.15) is 17.1 Å². The summed E-state index contributed by atoms with van der Waals surface area (Å²) in [7, 11) is 1.78. The van der Waals surface area contributed by atoms with Crippen LogP contribution >= 0.6 is 0 Å². The Bertz CT molecular complexity index is 911. The van der Waals surface area contributed by atoms with Gasteiger partial charge in [-0.25, -0.2) is 9.67 Å². The van der Waals surface area contributed by atoms with Gasteiger partial charge in [-0.2, -0.15) is 23.3 Å². The summed E-state index contributed by atoms with van der Waals surface area (Å²) in [5, 5.41) is 10.5. The van der Waals surface area contributed by atoms with Gasteiger partial charge in [-0.05, 0) is 12.8 Å². The number of ether oxygens (including phenoxy) is 2. The van der Waals surface area contributed by atoms with Gasteiger partial charge in [0, 0.05) is 25.1 Å². The molecule has 2 bridgehead atoms. The van der Waals surface area contributed by atoms with Crippen LogP contribution in [-0.4, -0.2) is 45.6 Å². The molecule has 150 valence electrons. The Hall–Kier alpha value is -2.56. The summed E-state index contributed by atoms with van der Waals surface area (Å²) in [6.07, 6.45) is -1.73. The van der Waals surface area contributed by atoms with E-state index in [2.05, 4.69) is 25.7 Å². The van der Waals surface area contributed by atoms with Crippen LogP contribution in [0, 0.1) is 5.92 Å². The smallest absolute Gasteiger partial charge is 0.421 e. The predicted molar refractivity (Wildman–Crippen MR) is 92.7 cm³/mol. The maximum atomic E-state index is 13.4. The van der Waals surface area contributed by atoms with E-state index >= 15 is 0 Å². The first kappa shape index (κ1) is 17.5. The lowest BCUT2D eigenvalue weighted by Gasteiger charge is -2.21. The fraction of sp³-hybridized carbons (Fsp3) is 0.588. The van der Waals surface area contributed by atoms with Crippen LogP contribution in [0.3, 0.4) is 0 Å². The Kier molecular flexibility index (Phi) is 3.90. The highest BCUT2D eigenvalue weighted by atomic mass is 19.4. The number of hydrogen-bond donors (Lipinski definition) is 2. The Labute approximate surface area is 158 Å². The number of rotatable bonds is 1. The number of aromatic nitrogens is 4. The number of aryl methyl sites for hydroxylation is 1. The first-order valence-corrected chi connectivity index (χ1v) is 9.15. The number of hydrogen-bond acceptors (Lipinski definition) is 7. The fourth-order valence-electron chi connectivity index (χ4n) is 3.61.